The number of nitrogens with one attached hydrogen (secondary N) is 1. The van der Waals surface area contributed by atoms with Gasteiger partial charge in [0.15, 0.2) is 0 Å². The van der Waals surface area contributed by atoms with E-state index in [0.717, 1.165) is 31.5 Å². The Morgan fingerprint density at radius 2 is 2.00 bits per heavy atom. The topological polar surface area (TPSA) is 32.3 Å². The minimum absolute atomic E-state index is 0.157. The van der Waals surface area contributed by atoms with Gasteiger partial charge >= 0.3 is 0 Å². The molecule has 1 amide bonds. The number of likely N-dealkylation sites (tertiary alicyclic amines) is 1. The Bertz CT molecular complexity index is 458. The highest BCUT2D eigenvalue weighted by Crippen LogP contribution is 2.10. The van der Waals surface area contributed by atoms with Crippen molar-refractivity contribution in [3.8, 4) is 0 Å². The van der Waals surface area contributed by atoms with Gasteiger partial charge in [0.05, 0.1) is 0 Å². The van der Waals surface area contributed by atoms with Crippen LogP contribution in [0.5, 0.6) is 0 Å². The molecule has 21 heavy (non-hydrogen) atoms. The molecule has 1 fully saturated rings. The summed E-state index contributed by atoms with van der Waals surface area (Å²) < 4.78 is 13.6. The highest BCUT2D eigenvalue weighted by molar-refractivity contribution is 5.76. The second-order valence-electron chi connectivity index (χ2n) is 5.84. The average Bonchev–Trinajstić information content (AvgIpc) is 2.50. The predicted molar refractivity (Wildman–Crippen MR) is 82.6 cm³/mol. The maximum Gasteiger partial charge on any atom is 0.223 e. The number of rotatable bonds is 6. The predicted octanol–water partition coefficient (Wildman–Crippen LogP) is 2.75. The van der Waals surface area contributed by atoms with Gasteiger partial charge in [-0.05, 0) is 44.2 Å². The standard InChI is InChI=1S/C17H25FN2O/c1-14(13-15-7-3-4-8-16(15)18)19-10-9-17(21)20-11-5-2-6-12-20/h3-4,7-8,14,19H,2,5-6,9-13H2,1H3. The van der Waals surface area contributed by atoms with Gasteiger partial charge in [0.25, 0.3) is 0 Å². The summed E-state index contributed by atoms with van der Waals surface area (Å²) in [5.41, 5.74) is 0.722. The summed E-state index contributed by atoms with van der Waals surface area (Å²) >= 11 is 0. The largest absolute Gasteiger partial charge is 0.343 e. The number of hydrogen-bond acceptors (Lipinski definition) is 2. The minimum Gasteiger partial charge on any atom is -0.343 e. The molecule has 1 aliphatic rings. The monoisotopic (exact) mass is 292 g/mol. The van der Waals surface area contributed by atoms with Crippen LogP contribution in [0, 0.1) is 5.82 Å². The van der Waals surface area contributed by atoms with Gasteiger partial charge in [-0.2, -0.15) is 0 Å². The van der Waals surface area contributed by atoms with E-state index in [-0.39, 0.29) is 17.8 Å². The maximum atomic E-state index is 13.6. The molecule has 0 spiro atoms. The highest BCUT2D eigenvalue weighted by atomic mass is 19.1. The van der Waals surface area contributed by atoms with E-state index in [2.05, 4.69) is 5.32 Å². The maximum absolute atomic E-state index is 13.6. The van der Waals surface area contributed by atoms with Crippen molar-refractivity contribution in [1.82, 2.24) is 10.2 Å². The summed E-state index contributed by atoms with van der Waals surface area (Å²) in [6.45, 7) is 4.50. The molecule has 1 heterocycles. The van der Waals surface area contributed by atoms with Crippen LogP contribution in [0.1, 0.15) is 38.2 Å². The first-order chi connectivity index (χ1) is 10.2. The Labute approximate surface area is 126 Å². The summed E-state index contributed by atoms with van der Waals surface area (Å²) in [6.07, 6.45) is 4.67. The fourth-order valence-corrected chi connectivity index (χ4v) is 2.79. The number of nitrogens with zero attached hydrogens (tertiary/aromatic N) is 1. The van der Waals surface area contributed by atoms with Crippen molar-refractivity contribution in [1.29, 1.82) is 0 Å². The number of amides is 1. The molecular formula is C17H25FN2O. The molecule has 1 aromatic carbocycles. The van der Waals surface area contributed by atoms with Crippen molar-refractivity contribution in [2.45, 2.75) is 45.1 Å². The van der Waals surface area contributed by atoms with E-state index in [9.17, 15) is 9.18 Å². The summed E-state index contributed by atoms with van der Waals surface area (Å²) in [7, 11) is 0. The molecule has 1 atom stereocenters. The molecule has 1 aliphatic heterocycles. The van der Waals surface area contributed by atoms with E-state index < -0.39 is 0 Å². The number of carbonyl (C=O) groups excluding carboxylic acids is 1. The third kappa shape index (κ3) is 5.12. The van der Waals surface area contributed by atoms with E-state index in [1.54, 1.807) is 6.07 Å². The first-order valence-electron chi connectivity index (χ1n) is 7.91. The van der Waals surface area contributed by atoms with Crippen molar-refractivity contribution >= 4 is 5.91 Å². The van der Waals surface area contributed by atoms with Crippen LogP contribution in [0.2, 0.25) is 0 Å². The summed E-state index contributed by atoms with van der Waals surface area (Å²) in [5.74, 6) is 0.0795. The SMILES string of the molecule is CC(Cc1ccccc1F)NCCC(=O)N1CCCCC1. The minimum atomic E-state index is -0.157. The van der Waals surface area contributed by atoms with Gasteiger partial charge in [-0.1, -0.05) is 18.2 Å². The normalized spacial score (nSPS) is 16.8. The molecule has 3 nitrogen and oxygen atoms in total. The summed E-state index contributed by atoms with van der Waals surface area (Å²) in [5, 5.41) is 3.31. The van der Waals surface area contributed by atoms with Gasteiger partial charge in [-0.3, -0.25) is 4.79 Å². The van der Waals surface area contributed by atoms with Gasteiger partial charge in [0.1, 0.15) is 5.82 Å². The van der Waals surface area contributed by atoms with Gasteiger partial charge in [-0.25, -0.2) is 4.39 Å². The second-order valence-corrected chi connectivity index (χ2v) is 5.84. The van der Waals surface area contributed by atoms with Crippen LogP contribution >= 0.6 is 0 Å². The molecule has 1 N–H and O–H groups in total. The van der Waals surface area contributed by atoms with Gasteiger partial charge < -0.3 is 10.2 Å². The van der Waals surface area contributed by atoms with E-state index in [1.165, 1.54) is 12.5 Å². The molecular weight excluding hydrogens is 267 g/mol. The number of benzene rings is 1. The van der Waals surface area contributed by atoms with Crippen molar-refractivity contribution in [3.63, 3.8) is 0 Å². The Balaban J connectivity index is 1.68. The second kappa shape index (κ2) is 8.13. The molecule has 1 unspecified atom stereocenters. The van der Waals surface area contributed by atoms with Gasteiger partial charge in [0.2, 0.25) is 5.91 Å². The number of hydrogen-bond donors (Lipinski definition) is 1. The molecule has 0 aliphatic carbocycles. The lowest BCUT2D eigenvalue weighted by Crippen LogP contribution is -2.38. The van der Waals surface area contributed by atoms with Gasteiger partial charge in [0, 0.05) is 32.1 Å². The van der Waals surface area contributed by atoms with Crippen molar-refractivity contribution in [3.05, 3.63) is 35.6 Å². The van der Waals surface area contributed by atoms with Crippen LogP contribution in [-0.4, -0.2) is 36.5 Å². The lowest BCUT2D eigenvalue weighted by Gasteiger charge is -2.27. The molecule has 2 rings (SSSR count). The summed E-state index contributed by atoms with van der Waals surface area (Å²) in [6, 6.07) is 7.02. The van der Waals surface area contributed by atoms with Crippen LogP contribution in [0.4, 0.5) is 4.39 Å². The molecule has 0 aromatic heterocycles. The molecule has 0 bridgehead atoms. The number of carbonyl (C=O) groups is 1. The van der Waals surface area contributed by atoms with E-state index in [1.807, 2.05) is 24.0 Å². The van der Waals surface area contributed by atoms with E-state index >= 15 is 0 Å². The smallest absolute Gasteiger partial charge is 0.223 e. The number of piperidine rings is 1. The van der Waals surface area contributed by atoms with Crippen molar-refractivity contribution in [2.24, 2.45) is 0 Å². The number of halogens is 1. The quantitative estimate of drug-likeness (QED) is 0.874. The molecule has 0 radical (unpaired) electrons. The first kappa shape index (κ1) is 16.0. The molecule has 1 saturated heterocycles. The Morgan fingerprint density at radius 1 is 1.29 bits per heavy atom. The molecule has 0 saturated carbocycles. The van der Waals surface area contributed by atoms with Crippen molar-refractivity contribution < 1.29 is 9.18 Å². The molecule has 4 heteroatoms. The molecule has 1 aromatic rings. The van der Waals surface area contributed by atoms with Crippen LogP contribution in [0.15, 0.2) is 24.3 Å². The zero-order chi connectivity index (χ0) is 15.1. The lowest BCUT2D eigenvalue weighted by atomic mass is 10.1. The van der Waals surface area contributed by atoms with Crippen LogP contribution in [0.25, 0.3) is 0 Å². The fourth-order valence-electron chi connectivity index (χ4n) is 2.79. The molecule has 116 valence electrons. The Kier molecular flexibility index (Phi) is 6.18. The summed E-state index contributed by atoms with van der Waals surface area (Å²) in [4.78, 5) is 14.0. The van der Waals surface area contributed by atoms with Crippen molar-refractivity contribution in [2.75, 3.05) is 19.6 Å². The average molecular weight is 292 g/mol. The third-order valence-electron chi connectivity index (χ3n) is 4.02. The van der Waals surface area contributed by atoms with Crippen LogP contribution in [0.3, 0.4) is 0 Å². The zero-order valence-corrected chi connectivity index (χ0v) is 12.8. The van der Waals surface area contributed by atoms with E-state index in [0.29, 0.717) is 19.4 Å². The Morgan fingerprint density at radius 3 is 2.71 bits per heavy atom. The van der Waals surface area contributed by atoms with Crippen LogP contribution < -0.4 is 5.32 Å². The Hall–Kier alpha value is -1.42. The lowest BCUT2D eigenvalue weighted by molar-refractivity contribution is -0.131. The van der Waals surface area contributed by atoms with Gasteiger partial charge in [-0.15, -0.1) is 0 Å². The van der Waals surface area contributed by atoms with Crippen LogP contribution in [-0.2, 0) is 11.2 Å². The fraction of sp³-hybridized carbons (Fsp3) is 0.588. The zero-order valence-electron chi connectivity index (χ0n) is 12.8. The van der Waals surface area contributed by atoms with E-state index in [4.69, 9.17) is 0 Å². The highest BCUT2D eigenvalue weighted by Gasteiger charge is 2.16. The third-order valence-corrected chi connectivity index (χ3v) is 4.02. The first-order valence-corrected chi connectivity index (χ1v) is 7.91.